The van der Waals surface area contributed by atoms with E-state index in [9.17, 15) is 22.4 Å². The summed E-state index contributed by atoms with van der Waals surface area (Å²) in [5, 5.41) is 2.53. The average molecular weight is 450 g/mol. The maximum atomic E-state index is 13.2. The van der Waals surface area contributed by atoms with E-state index in [-0.39, 0.29) is 43.6 Å². The lowest BCUT2D eigenvalue weighted by Crippen LogP contribution is -2.46. The van der Waals surface area contributed by atoms with Crippen LogP contribution in [-0.4, -0.2) is 51.0 Å². The predicted molar refractivity (Wildman–Crippen MR) is 118 cm³/mol. The summed E-state index contributed by atoms with van der Waals surface area (Å²) in [6, 6.07) is 13.7. The minimum absolute atomic E-state index is 0.0569. The lowest BCUT2D eigenvalue weighted by atomic mass is 10.1. The van der Waals surface area contributed by atoms with Crippen LogP contribution in [0.15, 0.2) is 54.6 Å². The van der Waals surface area contributed by atoms with Crippen LogP contribution in [0, 0.1) is 5.82 Å². The Morgan fingerprint density at radius 3 is 2.23 bits per heavy atom. The van der Waals surface area contributed by atoms with Crippen molar-refractivity contribution in [2.45, 2.75) is 32.4 Å². The summed E-state index contributed by atoms with van der Waals surface area (Å²) in [6.07, 6.45) is 1.46. The first-order chi connectivity index (χ1) is 14.6. The largest absolute Gasteiger partial charge is 0.357 e. The number of sulfonamides is 1. The van der Waals surface area contributed by atoms with Gasteiger partial charge in [0.2, 0.25) is 21.8 Å². The highest BCUT2D eigenvalue weighted by molar-refractivity contribution is 7.92. The van der Waals surface area contributed by atoms with Crippen LogP contribution in [0.2, 0.25) is 0 Å². The van der Waals surface area contributed by atoms with E-state index in [1.165, 1.54) is 28.4 Å². The highest BCUT2D eigenvalue weighted by Gasteiger charge is 2.26. The molecular weight excluding hydrogens is 421 g/mol. The molecule has 0 aliphatic rings. The van der Waals surface area contributed by atoms with Gasteiger partial charge in [-0.15, -0.1) is 0 Å². The van der Waals surface area contributed by atoms with Crippen LogP contribution < -0.4 is 9.62 Å². The second-order valence-corrected chi connectivity index (χ2v) is 9.12. The SMILES string of the molecule is CNC(=O)C(C)N(Cc1ccc(F)cc1)C(=O)CCCN(c1ccccc1)S(C)(=O)=O. The Labute approximate surface area is 182 Å². The van der Waals surface area contributed by atoms with E-state index < -0.39 is 16.1 Å². The molecule has 0 saturated heterocycles. The highest BCUT2D eigenvalue weighted by Crippen LogP contribution is 2.18. The van der Waals surface area contributed by atoms with Gasteiger partial charge in [0.05, 0.1) is 11.9 Å². The van der Waals surface area contributed by atoms with E-state index in [2.05, 4.69) is 5.32 Å². The van der Waals surface area contributed by atoms with Gasteiger partial charge in [0.25, 0.3) is 0 Å². The second kappa shape index (κ2) is 10.9. The molecule has 2 aromatic carbocycles. The number of rotatable bonds is 10. The summed E-state index contributed by atoms with van der Waals surface area (Å²) in [4.78, 5) is 26.5. The number of likely N-dealkylation sites (N-methyl/N-ethyl adjacent to an activating group) is 1. The number of carbonyl (C=O) groups is 2. The first kappa shape index (κ1) is 24.3. The summed E-state index contributed by atoms with van der Waals surface area (Å²) < 4.78 is 38.8. The molecule has 0 aliphatic heterocycles. The van der Waals surface area contributed by atoms with Gasteiger partial charge in [0.15, 0.2) is 0 Å². The van der Waals surface area contributed by atoms with Crippen LogP contribution in [0.5, 0.6) is 0 Å². The van der Waals surface area contributed by atoms with Crippen LogP contribution in [0.25, 0.3) is 0 Å². The Hall–Kier alpha value is -2.94. The van der Waals surface area contributed by atoms with Crippen LogP contribution in [-0.2, 0) is 26.2 Å². The standard InChI is InChI=1S/C22H28FN3O4S/c1-17(22(28)24-2)25(16-18-11-13-19(23)14-12-18)21(27)10-7-15-26(31(3,29)30)20-8-5-4-6-9-20/h4-6,8-9,11-14,17H,7,10,15-16H2,1-3H3,(H,24,28). The van der Waals surface area contributed by atoms with Crippen LogP contribution in [0.1, 0.15) is 25.3 Å². The topological polar surface area (TPSA) is 86.8 Å². The highest BCUT2D eigenvalue weighted by atomic mass is 32.2. The van der Waals surface area contributed by atoms with E-state index in [1.807, 2.05) is 0 Å². The summed E-state index contributed by atoms with van der Waals surface area (Å²) in [5.41, 5.74) is 1.21. The molecule has 0 aromatic heterocycles. The van der Waals surface area contributed by atoms with Gasteiger partial charge in [-0.25, -0.2) is 12.8 Å². The predicted octanol–water partition coefficient (Wildman–Crippen LogP) is 2.54. The van der Waals surface area contributed by atoms with Gasteiger partial charge in [-0.3, -0.25) is 13.9 Å². The zero-order chi connectivity index (χ0) is 23.0. The van der Waals surface area contributed by atoms with Gasteiger partial charge in [0.1, 0.15) is 11.9 Å². The first-order valence-electron chi connectivity index (χ1n) is 9.91. The Kier molecular flexibility index (Phi) is 8.56. The Morgan fingerprint density at radius 1 is 1.06 bits per heavy atom. The molecule has 0 heterocycles. The summed E-state index contributed by atoms with van der Waals surface area (Å²) >= 11 is 0. The maximum Gasteiger partial charge on any atom is 0.242 e. The second-order valence-electron chi connectivity index (χ2n) is 7.21. The van der Waals surface area contributed by atoms with E-state index in [1.54, 1.807) is 49.4 Å². The molecular formula is C22H28FN3O4S. The molecule has 2 rings (SSSR count). The number of benzene rings is 2. The molecule has 31 heavy (non-hydrogen) atoms. The molecule has 9 heteroatoms. The lowest BCUT2D eigenvalue weighted by Gasteiger charge is -2.29. The average Bonchev–Trinajstić information content (AvgIpc) is 2.74. The van der Waals surface area contributed by atoms with Crippen molar-refractivity contribution in [3.05, 3.63) is 66.0 Å². The molecule has 0 bridgehead atoms. The van der Waals surface area contributed by atoms with Crippen molar-refractivity contribution in [3.63, 3.8) is 0 Å². The Morgan fingerprint density at radius 2 is 1.68 bits per heavy atom. The first-order valence-corrected chi connectivity index (χ1v) is 11.8. The molecule has 0 fully saturated rings. The molecule has 1 atom stereocenters. The molecule has 0 aliphatic carbocycles. The number of hydrogen-bond acceptors (Lipinski definition) is 4. The quantitative estimate of drug-likeness (QED) is 0.604. The number of nitrogens with zero attached hydrogens (tertiary/aromatic N) is 2. The fourth-order valence-corrected chi connectivity index (χ4v) is 4.14. The maximum absolute atomic E-state index is 13.2. The summed E-state index contributed by atoms with van der Waals surface area (Å²) in [5.74, 6) is -0.998. The van der Waals surface area contributed by atoms with Gasteiger partial charge >= 0.3 is 0 Å². The van der Waals surface area contributed by atoms with Crippen molar-refractivity contribution >= 4 is 27.5 Å². The minimum Gasteiger partial charge on any atom is -0.357 e. The third kappa shape index (κ3) is 7.06. The molecule has 7 nitrogen and oxygen atoms in total. The normalized spacial score (nSPS) is 12.1. The van der Waals surface area contributed by atoms with Crippen molar-refractivity contribution in [1.29, 1.82) is 0 Å². The van der Waals surface area contributed by atoms with E-state index in [0.717, 1.165) is 6.26 Å². The fraction of sp³-hybridized carbons (Fsp3) is 0.364. The molecule has 168 valence electrons. The van der Waals surface area contributed by atoms with Crippen molar-refractivity contribution in [2.75, 3.05) is 24.2 Å². The van der Waals surface area contributed by atoms with Crippen molar-refractivity contribution < 1.29 is 22.4 Å². The number of halogens is 1. The van der Waals surface area contributed by atoms with Crippen molar-refractivity contribution in [1.82, 2.24) is 10.2 Å². The fourth-order valence-electron chi connectivity index (χ4n) is 3.18. The van der Waals surface area contributed by atoms with E-state index >= 15 is 0 Å². The number of carbonyl (C=O) groups excluding carboxylic acids is 2. The third-order valence-corrected chi connectivity index (χ3v) is 6.07. The number of anilines is 1. The molecule has 1 unspecified atom stereocenters. The molecule has 2 amide bonds. The Bertz CT molecular complexity index is 982. The van der Waals surface area contributed by atoms with Gasteiger partial charge in [0, 0.05) is 26.6 Å². The number of nitrogens with one attached hydrogen (secondary N) is 1. The zero-order valence-corrected chi connectivity index (χ0v) is 18.7. The van der Waals surface area contributed by atoms with Gasteiger partial charge in [-0.1, -0.05) is 30.3 Å². The monoisotopic (exact) mass is 449 g/mol. The van der Waals surface area contributed by atoms with Gasteiger partial charge in [-0.2, -0.15) is 0 Å². The number of para-hydroxylation sites is 1. The van der Waals surface area contributed by atoms with Crippen molar-refractivity contribution in [3.8, 4) is 0 Å². The Balaban J connectivity index is 2.11. The third-order valence-electron chi connectivity index (χ3n) is 4.88. The van der Waals surface area contributed by atoms with Crippen LogP contribution in [0.3, 0.4) is 0 Å². The minimum atomic E-state index is -3.51. The molecule has 0 saturated carbocycles. The summed E-state index contributed by atoms with van der Waals surface area (Å²) in [6.45, 7) is 1.89. The van der Waals surface area contributed by atoms with Gasteiger partial charge in [-0.05, 0) is 43.2 Å². The smallest absolute Gasteiger partial charge is 0.242 e. The molecule has 1 N–H and O–H groups in total. The van der Waals surface area contributed by atoms with Gasteiger partial charge < -0.3 is 10.2 Å². The zero-order valence-electron chi connectivity index (χ0n) is 17.9. The molecule has 0 radical (unpaired) electrons. The number of amides is 2. The van der Waals surface area contributed by atoms with Crippen molar-refractivity contribution in [2.24, 2.45) is 0 Å². The lowest BCUT2D eigenvalue weighted by molar-refractivity contribution is -0.140. The molecule has 2 aromatic rings. The van der Waals surface area contributed by atoms with Crippen LogP contribution >= 0.6 is 0 Å². The molecule has 0 spiro atoms. The van der Waals surface area contributed by atoms with Crippen LogP contribution in [0.4, 0.5) is 10.1 Å². The van der Waals surface area contributed by atoms with E-state index in [4.69, 9.17) is 0 Å². The number of hydrogen-bond donors (Lipinski definition) is 1. The van der Waals surface area contributed by atoms with E-state index in [0.29, 0.717) is 11.3 Å². The summed E-state index contributed by atoms with van der Waals surface area (Å²) in [7, 11) is -2.02.